The van der Waals surface area contributed by atoms with E-state index in [0.717, 1.165) is 0 Å². The quantitative estimate of drug-likeness (QED) is 0.307. The van der Waals surface area contributed by atoms with Crippen LogP contribution in [0.3, 0.4) is 0 Å². The van der Waals surface area contributed by atoms with Gasteiger partial charge in [0, 0.05) is 17.1 Å². The van der Waals surface area contributed by atoms with E-state index in [4.69, 9.17) is 0 Å². The maximum absolute atomic E-state index is 0. The van der Waals surface area contributed by atoms with Gasteiger partial charge in [0.25, 0.3) is 0 Å². The Morgan fingerprint density at radius 2 is 0.800 bits per heavy atom. The fourth-order valence-electron chi connectivity index (χ4n) is 0. The summed E-state index contributed by atoms with van der Waals surface area (Å²) in [7, 11) is 0. The molecular weight excluding hydrogens is 140 g/mol. The Kier molecular flexibility index (Phi) is 5490. The monoisotopic (exact) mass is 145 g/mol. The number of hydrogen-bond acceptors (Lipinski definition) is 1. The fourth-order valence-corrected chi connectivity index (χ4v) is 0. The van der Waals surface area contributed by atoms with Crippen LogP contribution in [0.15, 0.2) is 0 Å². The first-order valence-corrected chi connectivity index (χ1v) is 0. The van der Waals surface area contributed by atoms with E-state index in [9.17, 15) is 0 Å². The van der Waals surface area contributed by atoms with Crippen LogP contribution in [0.5, 0.6) is 0 Å². The second kappa shape index (κ2) is 119. The summed E-state index contributed by atoms with van der Waals surface area (Å²) in [5, 5.41) is 0. The van der Waals surface area contributed by atoms with E-state index in [0.29, 0.717) is 0 Å². The van der Waals surface area contributed by atoms with E-state index in [1.165, 1.54) is 0 Å². The Morgan fingerprint density at radius 1 is 0.800 bits per heavy atom. The molecule has 2 radical (unpaired) electrons. The van der Waals surface area contributed by atoms with Gasteiger partial charge in [0.05, 0.1) is 0 Å². The molecule has 0 unspecified atom stereocenters. The van der Waals surface area contributed by atoms with Gasteiger partial charge in [-0.3, -0.25) is 5.48 Å². The maximum Gasteiger partial charge on any atom is 0 e. The molecule has 42 valence electrons. The summed E-state index contributed by atoms with van der Waals surface area (Å²) in [6, 6.07) is 0. The van der Waals surface area contributed by atoms with Gasteiger partial charge in [-0.2, -0.15) is 0 Å². The predicted octanol–water partition coefficient (Wildman–Crippen LogP) is 0.985. The third-order valence-corrected chi connectivity index (χ3v) is 0. The van der Waals surface area contributed by atoms with Crippen LogP contribution >= 0.6 is 0 Å². The molecule has 5 heteroatoms. The molecule has 0 saturated heterocycles. The Balaban J connectivity index is 0. The Bertz CT molecular complexity index is 9.61. The summed E-state index contributed by atoms with van der Waals surface area (Å²) in [5.41, 5.74) is 0. The number of hydrogen-bond donors (Lipinski definition) is 1. The van der Waals surface area contributed by atoms with E-state index >= 15 is 0 Å². The first-order valence-electron chi connectivity index (χ1n) is 0. The van der Waals surface area contributed by atoms with Crippen molar-refractivity contribution in [2.75, 3.05) is 0 Å². The molecule has 0 spiro atoms. The van der Waals surface area contributed by atoms with E-state index in [1.807, 2.05) is 0 Å². The maximum atomic E-state index is 0. The van der Waals surface area contributed by atoms with Gasteiger partial charge in [-0.25, -0.2) is 0 Å². The third-order valence-electron chi connectivity index (χ3n) is 0. The summed E-state index contributed by atoms with van der Waals surface area (Å²) >= 11 is 0. The van der Waals surface area contributed by atoms with Crippen molar-refractivity contribution < 1.29 is 22.5 Å². The molecule has 0 aliphatic rings. The average Bonchev–Trinajstić information content (AvgIpc) is 0. The summed E-state index contributed by atoms with van der Waals surface area (Å²) in [5.74, 6) is 0. The van der Waals surface area contributed by atoms with Crippen molar-refractivity contribution in [3.63, 3.8) is 0 Å². The van der Waals surface area contributed by atoms with E-state index in [2.05, 4.69) is 0 Å². The number of thiol groups is 1. The van der Waals surface area contributed by atoms with Gasteiger partial charge in [-0.15, -0.1) is 0 Å². The topological polar surface area (TPSA) is 97.0 Å². The van der Waals surface area contributed by atoms with Crippen molar-refractivity contribution in [3.05, 3.63) is 12.3 Å². The SMILES string of the molecule is [Cu].[NH2-].[NH2-].[OH].[SH-]. The molecule has 3 nitrogen and oxygen atoms in total. The largest absolute Gasteiger partial charge is 0.813 e. The molecule has 5 N–H and O–H groups in total. The van der Waals surface area contributed by atoms with Gasteiger partial charge in [0.15, 0.2) is 0 Å². The number of nitrogens with two attached hydrogens (primary N) is 2. The molecule has 0 rings (SSSR count). The zero-order valence-electron chi connectivity index (χ0n) is 2.35. The fraction of sp³-hybridized carbons (Fsp3) is 0. The normalized spacial score (nSPS) is 0. The van der Waals surface area contributed by atoms with Gasteiger partial charge in [-0.1, -0.05) is 0 Å². The van der Waals surface area contributed by atoms with Gasteiger partial charge < -0.3 is 25.8 Å². The van der Waals surface area contributed by atoms with Crippen LogP contribution in [0.1, 0.15) is 0 Å². The molecule has 0 atom stereocenters. The van der Waals surface area contributed by atoms with Crippen LogP contribution in [0, 0.1) is 0 Å². The summed E-state index contributed by atoms with van der Waals surface area (Å²) in [6.45, 7) is 0. The van der Waals surface area contributed by atoms with Crippen molar-refractivity contribution in [3.8, 4) is 0 Å². The van der Waals surface area contributed by atoms with Gasteiger partial charge in [0.1, 0.15) is 0 Å². The zero-order chi connectivity index (χ0) is 0. The van der Waals surface area contributed by atoms with Crippen LogP contribution < -0.4 is 0 Å². The first kappa shape index (κ1) is 231. The third kappa shape index (κ3) is 63.9. The second-order valence-electron chi connectivity index (χ2n) is 0. The number of rotatable bonds is 0. The van der Waals surface area contributed by atoms with Gasteiger partial charge in [0.2, 0.25) is 0 Å². The van der Waals surface area contributed by atoms with Crippen LogP contribution in [0.4, 0.5) is 0 Å². The molecule has 5 heavy (non-hydrogen) atoms. The first-order chi connectivity index (χ1) is 0. The second-order valence-corrected chi connectivity index (χ2v) is 0. The molecule has 0 fully saturated rings. The minimum Gasteiger partial charge on any atom is -0.813 e. The van der Waals surface area contributed by atoms with Crippen molar-refractivity contribution in [2.24, 2.45) is 0 Å². The standard InChI is InChI=1S/Cu.2H2N.HO.H2S/h;2*1H2;1H;1H2/q;2*-1;;/p-1. The zero-order valence-corrected chi connectivity index (χ0v) is 4.19. The average molecular weight is 146 g/mol. The molecule has 0 aliphatic carbocycles. The Morgan fingerprint density at radius 3 is 0.800 bits per heavy atom. The van der Waals surface area contributed by atoms with Crippen LogP contribution in [0.25, 0.3) is 12.3 Å². The predicted molar refractivity (Wildman–Crippen MR) is 21.3 cm³/mol. The van der Waals surface area contributed by atoms with Crippen molar-refractivity contribution in [1.82, 2.24) is 0 Å². The smallest absolute Gasteiger partial charge is 0 e. The molecular formula is H6CuN2OS-3. The van der Waals surface area contributed by atoms with Crippen LogP contribution in [-0.4, -0.2) is 5.48 Å². The van der Waals surface area contributed by atoms with Crippen molar-refractivity contribution >= 4 is 13.5 Å². The Hall–Kier alpha value is 0.749. The molecule has 0 aromatic heterocycles. The minimum atomic E-state index is 0. The molecule has 0 aliphatic heterocycles. The van der Waals surface area contributed by atoms with Crippen LogP contribution in [-0.2, 0) is 30.6 Å². The van der Waals surface area contributed by atoms with Crippen molar-refractivity contribution in [2.45, 2.75) is 0 Å². The molecule has 0 saturated carbocycles. The molecule has 0 amide bonds. The van der Waals surface area contributed by atoms with E-state index < -0.39 is 0 Å². The van der Waals surface area contributed by atoms with Crippen molar-refractivity contribution in [1.29, 1.82) is 0 Å². The summed E-state index contributed by atoms with van der Waals surface area (Å²) in [6.07, 6.45) is 0. The molecule has 0 aromatic rings. The van der Waals surface area contributed by atoms with Gasteiger partial charge >= 0.3 is 0 Å². The summed E-state index contributed by atoms with van der Waals surface area (Å²) < 4.78 is 0. The minimum absolute atomic E-state index is 0. The molecule has 0 heterocycles. The van der Waals surface area contributed by atoms with Gasteiger partial charge in [-0.05, 0) is 0 Å². The molecule has 0 aromatic carbocycles. The Labute approximate surface area is 48.9 Å². The van der Waals surface area contributed by atoms with Crippen LogP contribution in [0.2, 0.25) is 0 Å². The van der Waals surface area contributed by atoms with E-state index in [1.54, 1.807) is 0 Å². The molecule has 0 bridgehead atoms. The van der Waals surface area contributed by atoms with E-state index in [-0.39, 0.29) is 48.3 Å². The summed E-state index contributed by atoms with van der Waals surface area (Å²) in [4.78, 5) is 0.